The Balaban J connectivity index is 2.38. The maximum Gasteiger partial charge on any atom is 0.263 e. The van der Waals surface area contributed by atoms with Crippen molar-refractivity contribution in [1.82, 2.24) is 0 Å². The Hall–Kier alpha value is -0.980. The fourth-order valence-electron chi connectivity index (χ4n) is 1.86. The summed E-state index contributed by atoms with van der Waals surface area (Å²) in [6.45, 7) is 3.95. The molecular weight excluding hydrogens is 370 g/mol. The molecule has 0 heterocycles. The third kappa shape index (κ3) is 4.02. The first kappa shape index (κ1) is 16.4. The molecule has 0 aliphatic rings. The van der Waals surface area contributed by atoms with Crippen molar-refractivity contribution in [3.05, 3.63) is 52.5 Å². The Labute approximate surface area is 138 Å². The molecule has 6 heteroatoms. The maximum atomic E-state index is 12.5. The number of hydrogen-bond donors (Lipinski definition) is 1. The van der Waals surface area contributed by atoms with Crippen molar-refractivity contribution >= 4 is 43.4 Å². The summed E-state index contributed by atoms with van der Waals surface area (Å²) in [5.41, 5.74) is 1.61. The lowest BCUT2D eigenvalue weighted by Gasteiger charge is -2.13. The number of anilines is 1. The Morgan fingerprint density at radius 2 is 1.90 bits per heavy atom. The van der Waals surface area contributed by atoms with Crippen molar-refractivity contribution in [2.45, 2.75) is 23.6 Å². The summed E-state index contributed by atoms with van der Waals surface area (Å²) in [6.07, 6.45) is 0. The quantitative estimate of drug-likeness (QED) is 0.760. The molecule has 0 atom stereocenters. The molecule has 21 heavy (non-hydrogen) atoms. The molecule has 3 nitrogen and oxygen atoms in total. The maximum absolute atomic E-state index is 12.5. The van der Waals surface area contributed by atoms with E-state index in [1.54, 1.807) is 36.0 Å². The molecule has 0 unspecified atom stereocenters. The summed E-state index contributed by atoms with van der Waals surface area (Å²) >= 11 is 4.93. The van der Waals surface area contributed by atoms with Crippen LogP contribution in [0.15, 0.2) is 56.7 Å². The fraction of sp³-hybridized carbons (Fsp3) is 0.200. The van der Waals surface area contributed by atoms with E-state index in [1.165, 1.54) is 0 Å². The summed E-state index contributed by atoms with van der Waals surface area (Å²) in [5.74, 6) is 0.882. The van der Waals surface area contributed by atoms with Gasteiger partial charge < -0.3 is 0 Å². The first-order chi connectivity index (χ1) is 9.94. The predicted octanol–water partition coefficient (Wildman–Crippen LogP) is 4.67. The number of hydrogen-bond acceptors (Lipinski definition) is 3. The Bertz CT molecular complexity index is 745. The van der Waals surface area contributed by atoms with Crippen molar-refractivity contribution in [3.8, 4) is 0 Å². The molecule has 0 saturated heterocycles. The van der Waals surface area contributed by atoms with Crippen LogP contribution in [-0.2, 0) is 10.0 Å². The van der Waals surface area contributed by atoms with E-state index in [0.717, 1.165) is 16.2 Å². The van der Waals surface area contributed by atoms with Crippen LogP contribution in [0.2, 0.25) is 0 Å². The molecule has 0 aliphatic heterocycles. The van der Waals surface area contributed by atoms with Crippen LogP contribution in [0, 0.1) is 6.92 Å². The van der Waals surface area contributed by atoms with Gasteiger partial charge in [0.15, 0.2) is 0 Å². The summed E-state index contributed by atoms with van der Waals surface area (Å²) < 4.78 is 28.3. The molecule has 0 radical (unpaired) electrons. The van der Waals surface area contributed by atoms with E-state index >= 15 is 0 Å². The average molecular weight is 386 g/mol. The number of nitrogens with one attached hydrogen (secondary N) is 1. The van der Waals surface area contributed by atoms with Crippen LogP contribution in [0.3, 0.4) is 0 Å². The zero-order valence-corrected chi connectivity index (χ0v) is 15.0. The number of thioether (sulfide) groups is 1. The number of halogens is 1. The standard InChI is InChI=1S/C15H16BrNO2S2/c1-3-20-14-7-5-4-6-13(14)17-21(18,19)15-9-8-11(2)10-12(15)16/h4-10,17H,3H2,1-2H3. The summed E-state index contributed by atoms with van der Waals surface area (Å²) in [5, 5.41) is 0. The first-order valence-corrected chi connectivity index (χ1v) is 9.71. The van der Waals surface area contributed by atoms with Crippen LogP contribution in [0.25, 0.3) is 0 Å². The van der Waals surface area contributed by atoms with Gasteiger partial charge in [-0.25, -0.2) is 8.42 Å². The lowest BCUT2D eigenvalue weighted by atomic mass is 10.2. The Morgan fingerprint density at radius 1 is 1.19 bits per heavy atom. The van der Waals surface area contributed by atoms with Gasteiger partial charge in [0, 0.05) is 9.37 Å². The third-order valence-corrected chi connectivity index (χ3v) is 6.11. The van der Waals surface area contributed by atoms with E-state index in [-0.39, 0.29) is 4.90 Å². The number of rotatable bonds is 5. The van der Waals surface area contributed by atoms with Crippen molar-refractivity contribution in [3.63, 3.8) is 0 Å². The van der Waals surface area contributed by atoms with E-state index < -0.39 is 10.0 Å². The third-order valence-electron chi connectivity index (χ3n) is 2.81. The van der Waals surface area contributed by atoms with E-state index in [4.69, 9.17) is 0 Å². The SMILES string of the molecule is CCSc1ccccc1NS(=O)(=O)c1ccc(C)cc1Br. The minimum absolute atomic E-state index is 0.240. The Morgan fingerprint density at radius 3 is 2.57 bits per heavy atom. The monoisotopic (exact) mass is 385 g/mol. The number of sulfonamides is 1. The average Bonchev–Trinajstić information content (AvgIpc) is 2.40. The van der Waals surface area contributed by atoms with Crippen LogP contribution in [0.4, 0.5) is 5.69 Å². The largest absolute Gasteiger partial charge is 0.278 e. The highest BCUT2D eigenvalue weighted by Crippen LogP contribution is 2.30. The van der Waals surface area contributed by atoms with Crippen molar-refractivity contribution in [2.75, 3.05) is 10.5 Å². The molecule has 0 aliphatic carbocycles. The highest BCUT2D eigenvalue weighted by atomic mass is 79.9. The molecule has 0 amide bonds. The van der Waals surface area contributed by atoms with Crippen molar-refractivity contribution < 1.29 is 8.42 Å². The molecule has 0 bridgehead atoms. The highest BCUT2D eigenvalue weighted by Gasteiger charge is 2.19. The van der Waals surface area contributed by atoms with Gasteiger partial charge in [-0.2, -0.15) is 0 Å². The molecule has 2 aromatic rings. The number of para-hydroxylation sites is 1. The van der Waals surface area contributed by atoms with Gasteiger partial charge in [0.2, 0.25) is 0 Å². The summed E-state index contributed by atoms with van der Waals surface area (Å²) in [7, 11) is -3.61. The normalized spacial score (nSPS) is 11.4. The minimum Gasteiger partial charge on any atom is -0.278 e. The van der Waals surface area contributed by atoms with Crippen molar-refractivity contribution in [1.29, 1.82) is 0 Å². The highest BCUT2D eigenvalue weighted by molar-refractivity contribution is 9.10. The van der Waals surface area contributed by atoms with Crippen LogP contribution >= 0.6 is 27.7 Å². The molecule has 2 aromatic carbocycles. The second-order valence-electron chi connectivity index (χ2n) is 4.47. The molecule has 0 saturated carbocycles. The lowest BCUT2D eigenvalue weighted by Crippen LogP contribution is -2.14. The van der Waals surface area contributed by atoms with Crippen LogP contribution in [0.1, 0.15) is 12.5 Å². The van der Waals surface area contributed by atoms with Crippen LogP contribution in [0.5, 0.6) is 0 Å². The summed E-state index contributed by atoms with van der Waals surface area (Å²) in [4.78, 5) is 1.16. The molecular formula is C15H16BrNO2S2. The van der Waals surface area contributed by atoms with Gasteiger partial charge in [0.25, 0.3) is 10.0 Å². The van der Waals surface area contributed by atoms with Gasteiger partial charge in [0.1, 0.15) is 4.90 Å². The predicted molar refractivity (Wildman–Crippen MR) is 92.5 cm³/mol. The molecule has 0 fully saturated rings. The van der Waals surface area contributed by atoms with Crippen LogP contribution < -0.4 is 4.72 Å². The zero-order chi connectivity index (χ0) is 15.5. The van der Waals surface area contributed by atoms with Gasteiger partial charge in [-0.1, -0.05) is 25.1 Å². The molecule has 0 aromatic heterocycles. The van der Waals surface area contributed by atoms with Gasteiger partial charge in [-0.15, -0.1) is 11.8 Å². The van der Waals surface area contributed by atoms with E-state index in [1.807, 2.05) is 32.0 Å². The number of benzene rings is 2. The van der Waals surface area contributed by atoms with Crippen molar-refractivity contribution in [2.24, 2.45) is 0 Å². The van der Waals surface area contributed by atoms with E-state index in [2.05, 4.69) is 20.7 Å². The zero-order valence-electron chi connectivity index (χ0n) is 11.8. The van der Waals surface area contributed by atoms with Gasteiger partial charge >= 0.3 is 0 Å². The topological polar surface area (TPSA) is 46.2 Å². The minimum atomic E-state index is -3.61. The fourth-order valence-corrected chi connectivity index (χ4v) is 4.95. The lowest BCUT2D eigenvalue weighted by molar-refractivity contribution is 0.600. The second kappa shape index (κ2) is 6.85. The molecule has 1 N–H and O–H groups in total. The van der Waals surface area contributed by atoms with Gasteiger partial charge in [0.05, 0.1) is 5.69 Å². The van der Waals surface area contributed by atoms with E-state index in [0.29, 0.717) is 10.2 Å². The molecule has 2 rings (SSSR count). The van der Waals surface area contributed by atoms with Gasteiger partial charge in [-0.3, -0.25) is 4.72 Å². The van der Waals surface area contributed by atoms with Crippen LogP contribution in [-0.4, -0.2) is 14.2 Å². The molecule has 0 spiro atoms. The second-order valence-corrected chi connectivity index (χ2v) is 8.28. The molecule has 112 valence electrons. The summed E-state index contributed by atoms with van der Waals surface area (Å²) in [6, 6.07) is 12.6. The number of aryl methyl sites for hydroxylation is 1. The van der Waals surface area contributed by atoms with Gasteiger partial charge in [-0.05, 0) is 58.4 Å². The Kier molecular flexibility index (Phi) is 5.35. The van der Waals surface area contributed by atoms with E-state index in [9.17, 15) is 8.42 Å². The first-order valence-electron chi connectivity index (χ1n) is 6.45. The smallest absolute Gasteiger partial charge is 0.263 e.